The number of carbonyl (C=O) groups is 1. The van der Waals surface area contributed by atoms with Crippen molar-refractivity contribution in [3.8, 4) is 0 Å². The average Bonchev–Trinajstić information content (AvgIpc) is 2.61. The Bertz CT molecular complexity index is 477. The van der Waals surface area contributed by atoms with Crippen LogP contribution >= 0.6 is 0 Å². The summed E-state index contributed by atoms with van der Waals surface area (Å²) in [6.07, 6.45) is 6.19. The van der Waals surface area contributed by atoms with Crippen LogP contribution in [-0.2, 0) is 4.74 Å². The SMILES string of the molecule is O=C(CCN1CCCCC1)c1ccc(N2CCOCC2)nc1. The zero-order valence-electron chi connectivity index (χ0n) is 13.2. The third kappa shape index (κ3) is 4.05. The molecule has 22 heavy (non-hydrogen) atoms. The van der Waals surface area contributed by atoms with Gasteiger partial charge in [-0.1, -0.05) is 6.42 Å². The summed E-state index contributed by atoms with van der Waals surface area (Å²) in [6.45, 7) is 6.40. The number of ether oxygens (including phenoxy) is 1. The molecule has 0 N–H and O–H groups in total. The standard InChI is InChI=1S/C17H25N3O2/c21-16(6-9-19-7-2-1-3-8-19)15-4-5-17(18-14-15)20-10-12-22-13-11-20/h4-5,14H,1-3,6-13H2. The van der Waals surface area contributed by atoms with E-state index in [-0.39, 0.29) is 5.78 Å². The van der Waals surface area contributed by atoms with Crippen LogP contribution in [0, 0.1) is 0 Å². The van der Waals surface area contributed by atoms with Crippen molar-refractivity contribution in [3.05, 3.63) is 23.9 Å². The van der Waals surface area contributed by atoms with Crippen LogP contribution in [0.25, 0.3) is 0 Å². The minimum atomic E-state index is 0.201. The Hall–Kier alpha value is -1.46. The van der Waals surface area contributed by atoms with E-state index in [1.165, 1.54) is 19.3 Å². The first-order valence-electron chi connectivity index (χ1n) is 8.37. The number of Topliss-reactive ketones (excluding diaryl/α,β-unsaturated/α-hetero) is 1. The van der Waals surface area contributed by atoms with E-state index in [4.69, 9.17) is 4.74 Å². The van der Waals surface area contributed by atoms with Crippen LogP contribution in [0.2, 0.25) is 0 Å². The highest BCUT2D eigenvalue weighted by molar-refractivity contribution is 5.96. The van der Waals surface area contributed by atoms with Crippen LogP contribution in [-0.4, -0.2) is 61.6 Å². The minimum absolute atomic E-state index is 0.201. The molecule has 2 saturated heterocycles. The highest BCUT2D eigenvalue weighted by Crippen LogP contribution is 2.15. The van der Waals surface area contributed by atoms with E-state index in [0.717, 1.165) is 57.3 Å². The summed E-state index contributed by atoms with van der Waals surface area (Å²) in [4.78, 5) is 21.3. The maximum absolute atomic E-state index is 12.3. The number of piperidine rings is 1. The van der Waals surface area contributed by atoms with Crippen molar-refractivity contribution in [1.82, 2.24) is 9.88 Å². The van der Waals surface area contributed by atoms with Crippen LogP contribution in [0.15, 0.2) is 18.3 Å². The maximum atomic E-state index is 12.3. The van der Waals surface area contributed by atoms with Gasteiger partial charge in [0, 0.05) is 37.8 Å². The highest BCUT2D eigenvalue weighted by atomic mass is 16.5. The molecule has 120 valence electrons. The van der Waals surface area contributed by atoms with Gasteiger partial charge in [0.1, 0.15) is 5.82 Å². The molecule has 0 aliphatic carbocycles. The molecule has 2 fully saturated rings. The zero-order chi connectivity index (χ0) is 15.2. The molecule has 0 saturated carbocycles. The Balaban J connectivity index is 1.51. The Morgan fingerprint density at radius 2 is 1.86 bits per heavy atom. The minimum Gasteiger partial charge on any atom is -0.378 e. The van der Waals surface area contributed by atoms with Crippen molar-refractivity contribution < 1.29 is 9.53 Å². The third-order valence-corrected chi connectivity index (χ3v) is 4.51. The molecule has 0 atom stereocenters. The fraction of sp³-hybridized carbons (Fsp3) is 0.647. The molecule has 2 aliphatic heterocycles. The normalized spacial score (nSPS) is 20.1. The molecule has 0 amide bonds. The molecule has 1 aromatic rings. The van der Waals surface area contributed by atoms with Gasteiger partial charge in [-0.15, -0.1) is 0 Å². The van der Waals surface area contributed by atoms with E-state index in [1.807, 2.05) is 12.1 Å². The Kier molecular flexibility index (Phi) is 5.40. The number of ketones is 1. The van der Waals surface area contributed by atoms with Crippen LogP contribution in [0.3, 0.4) is 0 Å². The van der Waals surface area contributed by atoms with Crippen molar-refractivity contribution in [2.75, 3.05) is 50.8 Å². The number of hydrogen-bond acceptors (Lipinski definition) is 5. The molecular weight excluding hydrogens is 278 g/mol. The zero-order valence-corrected chi connectivity index (χ0v) is 13.2. The van der Waals surface area contributed by atoms with E-state index in [9.17, 15) is 4.79 Å². The van der Waals surface area contributed by atoms with Crippen molar-refractivity contribution in [2.24, 2.45) is 0 Å². The molecule has 0 bridgehead atoms. The molecule has 5 nitrogen and oxygen atoms in total. The average molecular weight is 303 g/mol. The van der Waals surface area contributed by atoms with Crippen LogP contribution < -0.4 is 4.90 Å². The first-order chi connectivity index (χ1) is 10.8. The lowest BCUT2D eigenvalue weighted by atomic mass is 10.1. The van der Waals surface area contributed by atoms with Crippen LogP contribution in [0.5, 0.6) is 0 Å². The highest BCUT2D eigenvalue weighted by Gasteiger charge is 2.15. The van der Waals surface area contributed by atoms with Crippen molar-refractivity contribution in [1.29, 1.82) is 0 Å². The van der Waals surface area contributed by atoms with Gasteiger partial charge in [-0.2, -0.15) is 0 Å². The maximum Gasteiger partial charge on any atom is 0.165 e. The smallest absolute Gasteiger partial charge is 0.165 e. The van der Waals surface area contributed by atoms with Gasteiger partial charge in [0.25, 0.3) is 0 Å². The van der Waals surface area contributed by atoms with Crippen molar-refractivity contribution in [2.45, 2.75) is 25.7 Å². The lowest BCUT2D eigenvalue weighted by Crippen LogP contribution is -2.36. The number of pyridine rings is 1. The van der Waals surface area contributed by atoms with E-state index >= 15 is 0 Å². The molecule has 3 heterocycles. The molecule has 5 heteroatoms. The second kappa shape index (κ2) is 7.70. The summed E-state index contributed by atoms with van der Waals surface area (Å²) in [6, 6.07) is 3.87. The van der Waals surface area contributed by atoms with E-state index in [2.05, 4.69) is 14.8 Å². The summed E-state index contributed by atoms with van der Waals surface area (Å²) >= 11 is 0. The van der Waals surface area contributed by atoms with Crippen LogP contribution in [0.1, 0.15) is 36.0 Å². The van der Waals surface area contributed by atoms with Crippen molar-refractivity contribution in [3.63, 3.8) is 0 Å². The topological polar surface area (TPSA) is 45.7 Å². The predicted octanol–water partition coefficient (Wildman–Crippen LogP) is 1.98. The quantitative estimate of drug-likeness (QED) is 0.778. The summed E-state index contributed by atoms with van der Waals surface area (Å²) in [5.41, 5.74) is 0.731. The second-order valence-electron chi connectivity index (χ2n) is 6.08. The molecule has 0 radical (unpaired) electrons. The largest absolute Gasteiger partial charge is 0.378 e. The van der Waals surface area contributed by atoms with E-state index < -0.39 is 0 Å². The van der Waals surface area contributed by atoms with Gasteiger partial charge >= 0.3 is 0 Å². The number of nitrogens with zero attached hydrogens (tertiary/aromatic N) is 3. The Morgan fingerprint density at radius 3 is 2.55 bits per heavy atom. The van der Waals surface area contributed by atoms with Gasteiger partial charge in [-0.05, 0) is 38.1 Å². The Labute approximate surface area is 132 Å². The van der Waals surface area contributed by atoms with E-state index in [1.54, 1.807) is 6.20 Å². The summed E-state index contributed by atoms with van der Waals surface area (Å²) in [7, 11) is 0. The number of rotatable bonds is 5. The lowest BCUT2D eigenvalue weighted by Gasteiger charge is -2.27. The number of carbonyl (C=O) groups excluding carboxylic acids is 1. The van der Waals surface area contributed by atoms with Gasteiger partial charge < -0.3 is 14.5 Å². The molecule has 3 rings (SSSR count). The fourth-order valence-corrected chi connectivity index (χ4v) is 3.12. The molecular formula is C17H25N3O2. The molecule has 1 aromatic heterocycles. The number of morpholine rings is 1. The van der Waals surface area contributed by atoms with Crippen LogP contribution in [0.4, 0.5) is 5.82 Å². The van der Waals surface area contributed by atoms with Gasteiger partial charge in [-0.3, -0.25) is 4.79 Å². The van der Waals surface area contributed by atoms with Gasteiger partial charge in [0.2, 0.25) is 0 Å². The predicted molar refractivity (Wildman–Crippen MR) is 86.5 cm³/mol. The number of hydrogen-bond donors (Lipinski definition) is 0. The first kappa shape index (κ1) is 15.4. The lowest BCUT2D eigenvalue weighted by molar-refractivity contribution is 0.0958. The van der Waals surface area contributed by atoms with Crippen molar-refractivity contribution >= 4 is 11.6 Å². The number of anilines is 1. The number of likely N-dealkylation sites (tertiary alicyclic amines) is 1. The summed E-state index contributed by atoms with van der Waals surface area (Å²) in [5, 5.41) is 0. The summed E-state index contributed by atoms with van der Waals surface area (Å²) in [5.74, 6) is 1.14. The molecule has 0 unspecified atom stereocenters. The first-order valence-corrected chi connectivity index (χ1v) is 8.37. The fourth-order valence-electron chi connectivity index (χ4n) is 3.12. The number of aromatic nitrogens is 1. The molecule has 0 spiro atoms. The van der Waals surface area contributed by atoms with Gasteiger partial charge in [-0.25, -0.2) is 4.98 Å². The van der Waals surface area contributed by atoms with Gasteiger partial charge in [0.15, 0.2) is 5.78 Å². The second-order valence-corrected chi connectivity index (χ2v) is 6.08. The van der Waals surface area contributed by atoms with E-state index in [0.29, 0.717) is 6.42 Å². The summed E-state index contributed by atoms with van der Waals surface area (Å²) < 4.78 is 5.34. The Morgan fingerprint density at radius 1 is 1.09 bits per heavy atom. The third-order valence-electron chi connectivity index (χ3n) is 4.51. The molecule has 0 aromatic carbocycles. The molecule has 2 aliphatic rings. The monoisotopic (exact) mass is 303 g/mol. The van der Waals surface area contributed by atoms with Gasteiger partial charge in [0.05, 0.1) is 13.2 Å².